The molecule has 1 aromatic carbocycles. The number of benzene rings is 1. The summed E-state index contributed by atoms with van der Waals surface area (Å²) in [7, 11) is 1.76. The maximum Gasteiger partial charge on any atom is 0.200 e. The second-order valence-corrected chi connectivity index (χ2v) is 2.50. The van der Waals surface area contributed by atoms with Crippen LogP contribution in [0.4, 0.5) is 8.78 Å². The fourth-order valence-corrected chi connectivity index (χ4v) is 0.859. The molecule has 0 amide bonds. The topological polar surface area (TPSA) is 21.3 Å². The lowest BCUT2D eigenvalue weighted by Gasteiger charge is -2.06. The van der Waals surface area contributed by atoms with E-state index in [1.54, 1.807) is 7.05 Å². The monoisotopic (exact) mass is 187 g/mol. The van der Waals surface area contributed by atoms with Crippen LogP contribution in [0.15, 0.2) is 18.2 Å². The highest BCUT2D eigenvalue weighted by Crippen LogP contribution is 2.18. The molecule has 4 heteroatoms. The first-order chi connectivity index (χ1) is 6.25. The minimum Gasteiger partial charge on any atom is -0.489 e. The van der Waals surface area contributed by atoms with E-state index < -0.39 is 11.6 Å². The molecule has 1 aromatic rings. The van der Waals surface area contributed by atoms with Gasteiger partial charge >= 0.3 is 0 Å². The van der Waals surface area contributed by atoms with Crippen molar-refractivity contribution in [2.45, 2.75) is 0 Å². The Morgan fingerprint density at radius 1 is 1.38 bits per heavy atom. The molecule has 0 aliphatic carbocycles. The molecule has 0 saturated carbocycles. The van der Waals surface area contributed by atoms with Crippen LogP contribution in [-0.2, 0) is 0 Å². The van der Waals surface area contributed by atoms with Crippen LogP contribution in [0.1, 0.15) is 0 Å². The number of rotatable bonds is 4. The van der Waals surface area contributed by atoms with Crippen LogP contribution < -0.4 is 10.1 Å². The first-order valence-corrected chi connectivity index (χ1v) is 3.97. The van der Waals surface area contributed by atoms with Crippen molar-refractivity contribution in [3.63, 3.8) is 0 Å². The summed E-state index contributed by atoms with van der Waals surface area (Å²) in [5, 5.41) is 2.83. The molecule has 13 heavy (non-hydrogen) atoms. The predicted octanol–water partition coefficient (Wildman–Crippen LogP) is 1.56. The van der Waals surface area contributed by atoms with Crippen molar-refractivity contribution in [2.75, 3.05) is 20.2 Å². The highest BCUT2D eigenvalue weighted by molar-refractivity contribution is 5.24. The predicted molar refractivity (Wildman–Crippen MR) is 45.8 cm³/mol. The minimum absolute atomic E-state index is 0.0461. The summed E-state index contributed by atoms with van der Waals surface area (Å²) < 4.78 is 30.5. The van der Waals surface area contributed by atoms with Crippen molar-refractivity contribution < 1.29 is 13.5 Å². The molecule has 0 heterocycles. The van der Waals surface area contributed by atoms with Crippen LogP contribution in [0, 0.1) is 11.6 Å². The van der Waals surface area contributed by atoms with Crippen LogP contribution in [0.5, 0.6) is 5.75 Å². The Kier molecular flexibility index (Phi) is 3.64. The zero-order valence-electron chi connectivity index (χ0n) is 7.31. The molecule has 0 aromatic heterocycles. The Labute approximate surface area is 75.5 Å². The Bertz CT molecular complexity index is 278. The molecular weight excluding hydrogens is 176 g/mol. The van der Waals surface area contributed by atoms with Gasteiger partial charge in [-0.05, 0) is 19.2 Å². The molecule has 0 saturated heterocycles. The third-order valence-electron chi connectivity index (χ3n) is 1.53. The second-order valence-electron chi connectivity index (χ2n) is 2.50. The molecule has 0 radical (unpaired) electrons. The number of halogens is 2. The summed E-state index contributed by atoms with van der Waals surface area (Å²) in [6.07, 6.45) is 0. The van der Waals surface area contributed by atoms with Gasteiger partial charge in [-0.1, -0.05) is 6.07 Å². The Morgan fingerprint density at radius 3 is 2.85 bits per heavy atom. The Morgan fingerprint density at radius 2 is 2.15 bits per heavy atom. The summed E-state index contributed by atoms with van der Waals surface area (Å²) >= 11 is 0. The normalized spacial score (nSPS) is 10.1. The van der Waals surface area contributed by atoms with Gasteiger partial charge in [-0.15, -0.1) is 0 Å². The summed E-state index contributed by atoms with van der Waals surface area (Å²) in [6.45, 7) is 0.910. The number of likely N-dealkylation sites (N-methyl/N-ethyl adjacent to an activating group) is 1. The Balaban J connectivity index is 2.61. The molecule has 2 nitrogen and oxygen atoms in total. The first kappa shape index (κ1) is 9.92. The summed E-state index contributed by atoms with van der Waals surface area (Å²) in [4.78, 5) is 0. The van der Waals surface area contributed by atoms with Gasteiger partial charge < -0.3 is 10.1 Å². The second kappa shape index (κ2) is 4.77. The Hall–Kier alpha value is -1.16. The number of hydrogen-bond acceptors (Lipinski definition) is 2. The largest absolute Gasteiger partial charge is 0.489 e. The highest BCUT2D eigenvalue weighted by atomic mass is 19.2. The number of hydrogen-bond donors (Lipinski definition) is 1. The third-order valence-corrected chi connectivity index (χ3v) is 1.53. The average molecular weight is 187 g/mol. The van der Waals surface area contributed by atoms with E-state index in [-0.39, 0.29) is 5.75 Å². The summed E-state index contributed by atoms with van der Waals surface area (Å²) in [6, 6.07) is 3.86. The van der Waals surface area contributed by atoms with Gasteiger partial charge in [0.05, 0.1) is 0 Å². The van der Waals surface area contributed by atoms with Crippen molar-refractivity contribution in [3.8, 4) is 5.75 Å². The van der Waals surface area contributed by atoms with Crippen molar-refractivity contribution in [1.82, 2.24) is 5.32 Å². The molecule has 1 N–H and O–H groups in total. The van der Waals surface area contributed by atoms with E-state index in [1.165, 1.54) is 12.1 Å². The average Bonchev–Trinajstić information content (AvgIpc) is 2.13. The van der Waals surface area contributed by atoms with E-state index >= 15 is 0 Å². The van der Waals surface area contributed by atoms with Gasteiger partial charge in [0.1, 0.15) is 6.61 Å². The van der Waals surface area contributed by atoms with E-state index in [0.717, 1.165) is 6.07 Å². The molecular formula is C9H11F2NO. The lowest BCUT2D eigenvalue weighted by Crippen LogP contribution is -2.16. The van der Waals surface area contributed by atoms with E-state index in [4.69, 9.17) is 4.74 Å². The molecule has 72 valence electrons. The highest BCUT2D eigenvalue weighted by Gasteiger charge is 2.07. The molecule has 0 spiro atoms. The van der Waals surface area contributed by atoms with Gasteiger partial charge in [-0.25, -0.2) is 4.39 Å². The van der Waals surface area contributed by atoms with Gasteiger partial charge in [-0.2, -0.15) is 4.39 Å². The quantitative estimate of drug-likeness (QED) is 0.722. The van der Waals surface area contributed by atoms with Gasteiger partial charge in [0.2, 0.25) is 5.82 Å². The van der Waals surface area contributed by atoms with Crippen LogP contribution in [-0.4, -0.2) is 20.2 Å². The minimum atomic E-state index is -0.932. The molecule has 0 bridgehead atoms. The maximum atomic E-state index is 12.9. The van der Waals surface area contributed by atoms with Crippen LogP contribution in [0.25, 0.3) is 0 Å². The van der Waals surface area contributed by atoms with Gasteiger partial charge in [0.25, 0.3) is 0 Å². The maximum absolute atomic E-state index is 12.9. The first-order valence-electron chi connectivity index (χ1n) is 3.97. The molecule has 0 unspecified atom stereocenters. The lowest BCUT2D eigenvalue weighted by atomic mass is 10.3. The van der Waals surface area contributed by atoms with E-state index in [2.05, 4.69) is 5.32 Å². The summed E-state index contributed by atoms with van der Waals surface area (Å²) in [5.74, 6) is -1.86. The van der Waals surface area contributed by atoms with Gasteiger partial charge in [0.15, 0.2) is 11.6 Å². The molecule has 0 aliphatic heterocycles. The smallest absolute Gasteiger partial charge is 0.200 e. The van der Waals surface area contributed by atoms with Gasteiger partial charge in [0, 0.05) is 6.54 Å². The third kappa shape index (κ3) is 2.66. The van der Waals surface area contributed by atoms with Crippen molar-refractivity contribution in [2.24, 2.45) is 0 Å². The molecule has 0 atom stereocenters. The molecule has 1 rings (SSSR count). The van der Waals surface area contributed by atoms with Crippen LogP contribution >= 0.6 is 0 Å². The standard InChI is InChI=1S/C9H11F2NO/c1-12-5-6-13-8-4-2-3-7(10)9(8)11/h2-4,12H,5-6H2,1H3. The fraction of sp³-hybridized carbons (Fsp3) is 0.333. The van der Waals surface area contributed by atoms with Crippen molar-refractivity contribution >= 4 is 0 Å². The number of ether oxygens (including phenoxy) is 1. The van der Waals surface area contributed by atoms with Crippen molar-refractivity contribution in [1.29, 1.82) is 0 Å². The van der Waals surface area contributed by atoms with Crippen LogP contribution in [0.2, 0.25) is 0 Å². The molecule has 0 fully saturated rings. The van der Waals surface area contributed by atoms with E-state index in [0.29, 0.717) is 13.2 Å². The van der Waals surface area contributed by atoms with E-state index in [1.807, 2.05) is 0 Å². The van der Waals surface area contributed by atoms with Crippen molar-refractivity contribution in [3.05, 3.63) is 29.8 Å². The zero-order chi connectivity index (χ0) is 9.68. The zero-order valence-corrected chi connectivity index (χ0v) is 7.31. The summed E-state index contributed by atoms with van der Waals surface area (Å²) in [5.41, 5.74) is 0. The number of nitrogens with one attached hydrogen (secondary N) is 1. The van der Waals surface area contributed by atoms with Crippen LogP contribution in [0.3, 0.4) is 0 Å². The lowest BCUT2D eigenvalue weighted by molar-refractivity contribution is 0.296. The SMILES string of the molecule is CNCCOc1cccc(F)c1F. The fourth-order valence-electron chi connectivity index (χ4n) is 0.859. The molecule has 0 aliphatic rings. The van der Waals surface area contributed by atoms with Gasteiger partial charge in [-0.3, -0.25) is 0 Å². The van der Waals surface area contributed by atoms with E-state index in [9.17, 15) is 8.78 Å².